The van der Waals surface area contributed by atoms with Crippen LogP contribution in [0.4, 0.5) is 0 Å². The van der Waals surface area contributed by atoms with Crippen LogP contribution >= 0.6 is 0 Å². The number of rotatable bonds is 2. The molecule has 0 aromatic heterocycles. The summed E-state index contributed by atoms with van der Waals surface area (Å²) in [6.07, 6.45) is 5.31. The second kappa shape index (κ2) is 5.80. The molecule has 0 unspecified atom stereocenters. The lowest BCUT2D eigenvalue weighted by Crippen LogP contribution is -2.44. The van der Waals surface area contributed by atoms with Crippen molar-refractivity contribution < 1.29 is 9.59 Å². The summed E-state index contributed by atoms with van der Waals surface area (Å²) in [6.45, 7) is 1.48. The first-order valence-electron chi connectivity index (χ1n) is 6.59. The molecule has 0 atom stereocenters. The van der Waals surface area contributed by atoms with Crippen molar-refractivity contribution in [3.8, 4) is 0 Å². The first-order valence-corrected chi connectivity index (χ1v) is 6.59. The van der Waals surface area contributed by atoms with Gasteiger partial charge in [0.25, 0.3) is 5.91 Å². The molecule has 96 valence electrons. The highest BCUT2D eigenvalue weighted by Crippen LogP contribution is 2.24. The lowest BCUT2D eigenvalue weighted by molar-refractivity contribution is -0.128. The zero-order valence-electron chi connectivity index (χ0n) is 10.8. The van der Waals surface area contributed by atoms with Gasteiger partial charge in [0.05, 0.1) is 0 Å². The lowest BCUT2D eigenvalue weighted by Gasteiger charge is -2.32. The maximum atomic E-state index is 12.4. The van der Waals surface area contributed by atoms with Crippen molar-refractivity contribution in [1.82, 2.24) is 4.90 Å². The maximum Gasteiger partial charge on any atom is 0.260 e. The van der Waals surface area contributed by atoms with Gasteiger partial charge in [0.2, 0.25) is 5.91 Å². The summed E-state index contributed by atoms with van der Waals surface area (Å²) >= 11 is 0. The van der Waals surface area contributed by atoms with Crippen LogP contribution in [0.3, 0.4) is 0 Å². The quantitative estimate of drug-likeness (QED) is 0.803. The van der Waals surface area contributed by atoms with Crippen molar-refractivity contribution in [2.45, 2.75) is 45.1 Å². The minimum Gasteiger partial charge on any atom is -0.276 e. The van der Waals surface area contributed by atoms with Crippen molar-refractivity contribution in [2.75, 3.05) is 0 Å². The van der Waals surface area contributed by atoms with E-state index in [1.807, 2.05) is 18.2 Å². The summed E-state index contributed by atoms with van der Waals surface area (Å²) < 4.78 is 0. The van der Waals surface area contributed by atoms with Gasteiger partial charge in [0, 0.05) is 18.5 Å². The molecule has 0 aliphatic heterocycles. The molecule has 0 heterocycles. The third kappa shape index (κ3) is 2.78. The van der Waals surface area contributed by atoms with Crippen LogP contribution in [0.2, 0.25) is 0 Å². The Balaban J connectivity index is 2.19. The molecule has 3 nitrogen and oxygen atoms in total. The fourth-order valence-corrected chi connectivity index (χ4v) is 2.62. The molecule has 0 spiro atoms. The summed E-state index contributed by atoms with van der Waals surface area (Å²) in [6, 6.07) is 9.14. The van der Waals surface area contributed by atoms with Gasteiger partial charge in [-0.2, -0.15) is 0 Å². The highest BCUT2D eigenvalue weighted by Gasteiger charge is 2.29. The average Bonchev–Trinajstić information content (AvgIpc) is 2.40. The summed E-state index contributed by atoms with van der Waals surface area (Å²) in [5.74, 6) is -0.300. The Morgan fingerprint density at radius 1 is 1.06 bits per heavy atom. The van der Waals surface area contributed by atoms with Crippen molar-refractivity contribution in [3.63, 3.8) is 0 Å². The van der Waals surface area contributed by atoms with Crippen LogP contribution in [-0.4, -0.2) is 22.8 Å². The molecule has 0 radical (unpaired) electrons. The average molecular weight is 245 g/mol. The Kier molecular flexibility index (Phi) is 4.13. The Morgan fingerprint density at radius 3 is 2.22 bits per heavy atom. The van der Waals surface area contributed by atoms with Gasteiger partial charge in [-0.1, -0.05) is 37.5 Å². The molecule has 1 saturated carbocycles. The Labute approximate surface area is 108 Å². The number of imide groups is 1. The molecule has 1 aromatic rings. The van der Waals surface area contributed by atoms with Crippen LogP contribution in [0.15, 0.2) is 30.3 Å². The van der Waals surface area contributed by atoms with Gasteiger partial charge in [0.15, 0.2) is 0 Å². The Bertz CT molecular complexity index is 421. The van der Waals surface area contributed by atoms with Crippen molar-refractivity contribution in [1.29, 1.82) is 0 Å². The van der Waals surface area contributed by atoms with E-state index in [0.29, 0.717) is 5.56 Å². The minimum atomic E-state index is -0.157. The van der Waals surface area contributed by atoms with Gasteiger partial charge in [-0.05, 0) is 25.0 Å². The van der Waals surface area contributed by atoms with Crippen LogP contribution in [0.1, 0.15) is 49.4 Å². The number of carbonyl (C=O) groups excluding carboxylic acids is 2. The normalized spacial score (nSPS) is 16.3. The zero-order chi connectivity index (χ0) is 13.0. The number of nitrogens with zero attached hydrogens (tertiary/aromatic N) is 1. The van der Waals surface area contributed by atoms with Crippen LogP contribution in [0.5, 0.6) is 0 Å². The van der Waals surface area contributed by atoms with Gasteiger partial charge in [-0.25, -0.2) is 0 Å². The second-order valence-corrected chi connectivity index (χ2v) is 4.85. The smallest absolute Gasteiger partial charge is 0.260 e. The van der Waals surface area contributed by atoms with Crippen molar-refractivity contribution >= 4 is 11.8 Å². The molecule has 0 saturated heterocycles. The topological polar surface area (TPSA) is 37.4 Å². The van der Waals surface area contributed by atoms with E-state index in [1.54, 1.807) is 12.1 Å². The van der Waals surface area contributed by atoms with Gasteiger partial charge in [0.1, 0.15) is 0 Å². The first kappa shape index (κ1) is 12.8. The minimum absolute atomic E-state index is 0.0870. The highest BCUT2D eigenvalue weighted by molar-refractivity contribution is 6.04. The van der Waals surface area contributed by atoms with E-state index in [9.17, 15) is 9.59 Å². The third-order valence-corrected chi connectivity index (χ3v) is 3.52. The van der Waals surface area contributed by atoms with Crippen LogP contribution < -0.4 is 0 Å². The third-order valence-electron chi connectivity index (χ3n) is 3.52. The molecular formula is C15H19NO2. The fraction of sp³-hybridized carbons (Fsp3) is 0.467. The molecule has 2 rings (SSSR count). The second-order valence-electron chi connectivity index (χ2n) is 4.85. The SMILES string of the molecule is CC(=O)N(C(=O)c1ccccc1)C1CCCCC1. The molecule has 1 fully saturated rings. The van der Waals surface area contributed by atoms with Gasteiger partial charge in [-0.15, -0.1) is 0 Å². The summed E-state index contributed by atoms with van der Waals surface area (Å²) in [7, 11) is 0. The molecule has 3 heteroatoms. The number of hydrogen-bond acceptors (Lipinski definition) is 2. The summed E-state index contributed by atoms with van der Waals surface area (Å²) in [5.41, 5.74) is 0.596. The predicted molar refractivity (Wildman–Crippen MR) is 70.2 cm³/mol. The van der Waals surface area contributed by atoms with Gasteiger partial charge < -0.3 is 0 Å². The van der Waals surface area contributed by atoms with Crippen molar-refractivity contribution in [3.05, 3.63) is 35.9 Å². The van der Waals surface area contributed by atoms with Gasteiger partial charge >= 0.3 is 0 Å². The zero-order valence-corrected chi connectivity index (χ0v) is 10.8. The standard InChI is InChI=1S/C15H19NO2/c1-12(17)16(14-10-6-3-7-11-14)15(18)13-8-4-2-5-9-13/h2,4-5,8-9,14H,3,6-7,10-11H2,1H3. The predicted octanol–water partition coefficient (Wildman–Crippen LogP) is 3.01. The largest absolute Gasteiger partial charge is 0.276 e. The highest BCUT2D eigenvalue weighted by atomic mass is 16.2. The molecule has 2 amide bonds. The number of amides is 2. The number of benzene rings is 1. The van der Waals surface area contributed by atoms with Crippen molar-refractivity contribution in [2.24, 2.45) is 0 Å². The summed E-state index contributed by atoms with van der Waals surface area (Å²) in [5, 5.41) is 0. The monoisotopic (exact) mass is 245 g/mol. The van der Waals surface area contributed by atoms with Gasteiger partial charge in [-0.3, -0.25) is 14.5 Å². The fourth-order valence-electron chi connectivity index (χ4n) is 2.62. The van der Waals surface area contributed by atoms with E-state index in [-0.39, 0.29) is 17.9 Å². The van der Waals surface area contributed by atoms with E-state index >= 15 is 0 Å². The molecule has 18 heavy (non-hydrogen) atoms. The molecular weight excluding hydrogens is 226 g/mol. The Morgan fingerprint density at radius 2 is 1.67 bits per heavy atom. The molecule has 1 aliphatic rings. The van der Waals surface area contributed by atoms with Crippen LogP contribution in [-0.2, 0) is 4.79 Å². The van der Waals surface area contributed by atoms with E-state index in [1.165, 1.54) is 18.2 Å². The first-order chi connectivity index (χ1) is 8.70. The van der Waals surface area contributed by atoms with E-state index in [2.05, 4.69) is 0 Å². The lowest BCUT2D eigenvalue weighted by atomic mass is 9.93. The summed E-state index contributed by atoms with van der Waals surface area (Å²) in [4.78, 5) is 25.6. The number of carbonyl (C=O) groups is 2. The molecule has 0 N–H and O–H groups in total. The van der Waals surface area contributed by atoms with E-state index in [4.69, 9.17) is 0 Å². The molecule has 1 aliphatic carbocycles. The van der Waals surface area contributed by atoms with E-state index in [0.717, 1.165) is 25.7 Å². The maximum absolute atomic E-state index is 12.4. The number of hydrogen-bond donors (Lipinski definition) is 0. The van der Waals surface area contributed by atoms with Crippen LogP contribution in [0, 0.1) is 0 Å². The molecule has 1 aromatic carbocycles. The van der Waals surface area contributed by atoms with Crippen LogP contribution in [0.25, 0.3) is 0 Å². The van der Waals surface area contributed by atoms with E-state index < -0.39 is 0 Å². The molecule has 0 bridgehead atoms. The Hall–Kier alpha value is -1.64.